The van der Waals surface area contributed by atoms with Gasteiger partial charge in [0.25, 0.3) is 5.91 Å². The Morgan fingerprint density at radius 3 is 2.50 bits per heavy atom. The molecule has 0 saturated heterocycles. The number of methoxy groups -OCH3 is 1. The molecule has 0 spiro atoms. The van der Waals surface area contributed by atoms with E-state index in [9.17, 15) is 4.79 Å². The van der Waals surface area contributed by atoms with E-state index < -0.39 is 0 Å². The molecular weight excluding hydrogens is 432 g/mol. The Morgan fingerprint density at radius 2 is 1.76 bits per heavy atom. The standard InChI is InChI=1S/C26H28N4O4/c1-4-33-22-13-10-19(15-23(22)34-5-2)26(31)28-16-24-29-21-7-6-14-27-25(21)30(24)17-18-8-11-20(32-3)12-9-18/h6-15H,4-5,16-17H2,1-3H3,(H,28,31). The number of aromatic nitrogens is 3. The van der Waals surface area contributed by atoms with Gasteiger partial charge in [0.15, 0.2) is 17.1 Å². The zero-order valence-corrected chi connectivity index (χ0v) is 19.6. The normalized spacial score (nSPS) is 10.8. The summed E-state index contributed by atoms with van der Waals surface area (Å²) in [5.74, 6) is 2.46. The lowest BCUT2D eigenvalue weighted by Gasteiger charge is -2.13. The molecule has 176 valence electrons. The van der Waals surface area contributed by atoms with E-state index in [1.807, 2.05) is 54.8 Å². The van der Waals surface area contributed by atoms with E-state index in [1.54, 1.807) is 31.5 Å². The fourth-order valence-corrected chi connectivity index (χ4v) is 3.67. The maximum absolute atomic E-state index is 12.9. The van der Waals surface area contributed by atoms with Gasteiger partial charge in [0, 0.05) is 11.8 Å². The van der Waals surface area contributed by atoms with E-state index >= 15 is 0 Å². The first-order valence-electron chi connectivity index (χ1n) is 11.2. The van der Waals surface area contributed by atoms with Crippen molar-refractivity contribution >= 4 is 17.1 Å². The number of imidazole rings is 1. The van der Waals surface area contributed by atoms with E-state index in [2.05, 4.69) is 10.3 Å². The van der Waals surface area contributed by atoms with E-state index in [0.717, 1.165) is 22.5 Å². The van der Waals surface area contributed by atoms with Gasteiger partial charge in [0.05, 0.1) is 33.4 Å². The van der Waals surface area contributed by atoms with Crippen molar-refractivity contribution in [3.63, 3.8) is 0 Å². The van der Waals surface area contributed by atoms with Crippen molar-refractivity contribution in [2.24, 2.45) is 0 Å². The van der Waals surface area contributed by atoms with Crippen LogP contribution in [0, 0.1) is 0 Å². The number of hydrogen-bond acceptors (Lipinski definition) is 6. The zero-order valence-electron chi connectivity index (χ0n) is 19.6. The Kier molecular flexibility index (Phi) is 7.27. The molecule has 0 aliphatic heterocycles. The summed E-state index contributed by atoms with van der Waals surface area (Å²) in [7, 11) is 1.64. The highest BCUT2D eigenvalue weighted by Crippen LogP contribution is 2.28. The third-order valence-corrected chi connectivity index (χ3v) is 5.30. The minimum Gasteiger partial charge on any atom is -0.497 e. The maximum Gasteiger partial charge on any atom is 0.251 e. The smallest absolute Gasteiger partial charge is 0.251 e. The van der Waals surface area contributed by atoms with Gasteiger partial charge < -0.3 is 24.1 Å². The van der Waals surface area contributed by atoms with Crippen LogP contribution in [0.3, 0.4) is 0 Å². The molecule has 0 bridgehead atoms. The summed E-state index contributed by atoms with van der Waals surface area (Å²) in [5, 5.41) is 2.98. The lowest BCUT2D eigenvalue weighted by Crippen LogP contribution is -2.25. The van der Waals surface area contributed by atoms with Crippen LogP contribution in [0.2, 0.25) is 0 Å². The average molecular weight is 461 g/mol. The Labute approximate surface area is 198 Å². The van der Waals surface area contributed by atoms with E-state index in [4.69, 9.17) is 19.2 Å². The molecule has 0 aliphatic rings. The first-order valence-corrected chi connectivity index (χ1v) is 11.2. The number of carbonyl (C=O) groups is 1. The van der Waals surface area contributed by atoms with Crippen LogP contribution in [-0.4, -0.2) is 40.8 Å². The topological polar surface area (TPSA) is 87.5 Å². The van der Waals surface area contributed by atoms with Crippen LogP contribution < -0.4 is 19.5 Å². The summed E-state index contributed by atoms with van der Waals surface area (Å²) in [4.78, 5) is 22.1. The summed E-state index contributed by atoms with van der Waals surface area (Å²) >= 11 is 0. The molecule has 0 aliphatic carbocycles. The zero-order chi connectivity index (χ0) is 23.9. The highest BCUT2D eigenvalue weighted by molar-refractivity contribution is 5.94. The highest BCUT2D eigenvalue weighted by atomic mass is 16.5. The number of fused-ring (bicyclic) bond motifs is 1. The Morgan fingerprint density at radius 1 is 1.00 bits per heavy atom. The van der Waals surface area contributed by atoms with Crippen molar-refractivity contribution in [2.45, 2.75) is 26.9 Å². The van der Waals surface area contributed by atoms with Crippen molar-refractivity contribution < 1.29 is 19.0 Å². The molecule has 0 saturated carbocycles. The second-order valence-corrected chi connectivity index (χ2v) is 7.52. The number of nitrogens with one attached hydrogen (secondary N) is 1. The molecular formula is C26H28N4O4. The lowest BCUT2D eigenvalue weighted by atomic mass is 10.2. The minimum atomic E-state index is -0.222. The Hall–Kier alpha value is -4.07. The third-order valence-electron chi connectivity index (χ3n) is 5.30. The molecule has 34 heavy (non-hydrogen) atoms. The average Bonchev–Trinajstić information content (AvgIpc) is 3.21. The second-order valence-electron chi connectivity index (χ2n) is 7.52. The summed E-state index contributed by atoms with van der Waals surface area (Å²) in [6, 6.07) is 16.8. The Balaban J connectivity index is 1.55. The fourth-order valence-electron chi connectivity index (χ4n) is 3.67. The number of ether oxygens (including phenoxy) is 3. The van der Waals surface area contributed by atoms with Crippen molar-refractivity contribution in [1.29, 1.82) is 0 Å². The predicted octanol–water partition coefficient (Wildman–Crippen LogP) is 4.22. The van der Waals surface area contributed by atoms with Gasteiger partial charge in [-0.15, -0.1) is 0 Å². The van der Waals surface area contributed by atoms with Crippen LogP contribution in [0.25, 0.3) is 11.2 Å². The molecule has 4 aromatic rings. The van der Waals surface area contributed by atoms with Crippen LogP contribution >= 0.6 is 0 Å². The minimum absolute atomic E-state index is 0.222. The molecule has 0 unspecified atom stereocenters. The molecule has 2 aromatic carbocycles. The number of pyridine rings is 1. The van der Waals surface area contributed by atoms with Gasteiger partial charge >= 0.3 is 0 Å². The molecule has 1 amide bonds. The molecule has 0 fully saturated rings. The van der Waals surface area contributed by atoms with Crippen molar-refractivity contribution in [1.82, 2.24) is 19.9 Å². The first-order chi connectivity index (χ1) is 16.6. The number of hydrogen-bond donors (Lipinski definition) is 1. The van der Waals surface area contributed by atoms with Crippen LogP contribution in [0.15, 0.2) is 60.8 Å². The summed E-state index contributed by atoms with van der Waals surface area (Å²) < 4.78 is 18.5. The van der Waals surface area contributed by atoms with Crippen LogP contribution in [-0.2, 0) is 13.1 Å². The fraction of sp³-hybridized carbons (Fsp3) is 0.269. The third kappa shape index (κ3) is 5.11. The van der Waals surface area contributed by atoms with Crippen molar-refractivity contribution in [3.05, 3.63) is 77.7 Å². The van der Waals surface area contributed by atoms with Gasteiger partial charge in [-0.25, -0.2) is 9.97 Å². The Bertz CT molecular complexity index is 1270. The molecule has 0 radical (unpaired) electrons. The summed E-state index contributed by atoms with van der Waals surface area (Å²) in [6.07, 6.45) is 1.74. The van der Waals surface area contributed by atoms with E-state index in [0.29, 0.717) is 42.6 Å². The first kappa shape index (κ1) is 23.1. The summed E-state index contributed by atoms with van der Waals surface area (Å²) in [6.45, 7) is 5.62. The molecule has 2 heterocycles. The summed E-state index contributed by atoms with van der Waals surface area (Å²) in [5.41, 5.74) is 3.11. The van der Waals surface area contributed by atoms with Crippen LogP contribution in [0.1, 0.15) is 35.6 Å². The van der Waals surface area contributed by atoms with Gasteiger partial charge in [0.1, 0.15) is 17.1 Å². The lowest BCUT2D eigenvalue weighted by molar-refractivity contribution is 0.0949. The predicted molar refractivity (Wildman–Crippen MR) is 130 cm³/mol. The van der Waals surface area contributed by atoms with Crippen molar-refractivity contribution in [3.8, 4) is 17.2 Å². The largest absolute Gasteiger partial charge is 0.497 e. The number of carbonyl (C=O) groups excluding carboxylic acids is 1. The monoisotopic (exact) mass is 460 g/mol. The van der Waals surface area contributed by atoms with E-state index in [-0.39, 0.29) is 12.5 Å². The number of benzene rings is 2. The highest BCUT2D eigenvalue weighted by Gasteiger charge is 2.15. The van der Waals surface area contributed by atoms with Gasteiger partial charge in [-0.1, -0.05) is 12.1 Å². The van der Waals surface area contributed by atoms with Gasteiger partial charge in [-0.05, 0) is 61.9 Å². The van der Waals surface area contributed by atoms with Crippen LogP contribution in [0.4, 0.5) is 0 Å². The molecule has 0 atom stereocenters. The van der Waals surface area contributed by atoms with Gasteiger partial charge in [-0.3, -0.25) is 4.79 Å². The molecule has 2 aromatic heterocycles. The molecule has 4 rings (SSSR count). The van der Waals surface area contributed by atoms with Crippen molar-refractivity contribution in [2.75, 3.05) is 20.3 Å². The van der Waals surface area contributed by atoms with Crippen LogP contribution in [0.5, 0.6) is 17.2 Å². The SMILES string of the molecule is CCOc1ccc(C(=O)NCc2nc3cccnc3n2Cc2ccc(OC)cc2)cc1OCC. The molecule has 8 heteroatoms. The maximum atomic E-state index is 12.9. The number of rotatable bonds is 10. The molecule has 8 nitrogen and oxygen atoms in total. The molecule has 1 N–H and O–H groups in total. The van der Waals surface area contributed by atoms with Gasteiger partial charge in [-0.2, -0.15) is 0 Å². The number of nitrogens with zero attached hydrogens (tertiary/aromatic N) is 3. The van der Waals surface area contributed by atoms with Gasteiger partial charge in [0.2, 0.25) is 0 Å². The quantitative estimate of drug-likeness (QED) is 0.381. The second kappa shape index (κ2) is 10.7. The van der Waals surface area contributed by atoms with E-state index in [1.165, 1.54) is 0 Å². The number of amides is 1.